The second kappa shape index (κ2) is 4.88. The van der Waals surface area contributed by atoms with Gasteiger partial charge in [0.1, 0.15) is 0 Å². The van der Waals surface area contributed by atoms with Crippen molar-refractivity contribution in [2.75, 3.05) is 0 Å². The Morgan fingerprint density at radius 2 is 1.64 bits per heavy atom. The predicted molar refractivity (Wildman–Crippen MR) is 59.6 cm³/mol. The van der Waals surface area contributed by atoms with E-state index in [0.29, 0.717) is 5.52 Å². The maximum atomic E-state index is 9.14. The van der Waals surface area contributed by atoms with Gasteiger partial charge in [0.05, 0.1) is 5.52 Å². The van der Waals surface area contributed by atoms with Crippen molar-refractivity contribution in [3.05, 3.63) is 30.5 Å². The number of phenols is 2. The van der Waals surface area contributed by atoms with Gasteiger partial charge >= 0.3 is 0 Å². The Labute approximate surface area is 93.2 Å². The molecule has 0 spiro atoms. The number of aromatic hydroxyl groups is 2. The van der Waals surface area contributed by atoms with Gasteiger partial charge < -0.3 is 10.2 Å². The summed E-state index contributed by atoms with van der Waals surface area (Å²) in [6.07, 6.45) is 1.64. The van der Waals surface area contributed by atoms with Crippen LogP contribution in [0.15, 0.2) is 30.5 Å². The van der Waals surface area contributed by atoms with Crippen molar-refractivity contribution >= 4 is 35.7 Å². The third kappa shape index (κ3) is 2.19. The topological polar surface area (TPSA) is 53.4 Å². The highest BCUT2D eigenvalue weighted by Crippen LogP contribution is 2.28. The molecular formula is C9H9Cl2NO2. The first kappa shape index (κ1) is 12.8. The van der Waals surface area contributed by atoms with Gasteiger partial charge in [0.25, 0.3) is 0 Å². The first-order valence-electron chi connectivity index (χ1n) is 3.54. The van der Waals surface area contributed by atoms with Crippen LogP contribution in [0.5, 0.6) is 11.5 Å². The summed E-state index contributed by atoms with van der Waals surface area (Å²) in [6, 6.07) is 6.52. The average Bonchev–Trinajstić information content (AvgIpc) is 2.07. The van der Waals surface area contributed by atoms with Crippen LogP contribution in [0.25, 0.3) is 10.9 Å². The quantitative estimate of drug-likeness (QED) is 0.688. The molecule has 0 radical (unpaired) electrons. The average molecular weight is 234 g/mol. The van der Waals surface area contributed by atoms with Crippen LogP contribution in [0, 0.1) is 0 Å². The first-order valence-corrected chi connectivity index (χ1v) is 3.54. The number of pyridine rings is 1. The van der Waals surface area contributed by atoms with Crippen molar-refractivity contribution in [2.45, 2.75) is 0 Å². The molecule has 1 heterocycles. The number of halogens is 2. The van der Waals surface area contributed by atoms with Gasteiger partial charge in [0.2, 0.25) is 0 Å². The fourth-order valence-corrected chi connectivity index (χ4v) is 1.10. The lowest BCUT2D eigenvalue weighted by atomic mass is 10.2. The maximum Gasteiger partial charge on any atom is 0.159 e. The number of nitrogens with zero attached hydrogens (tertiary/aromatic N) is 1. The first-order chi connectivity index (χ1) is 5.77. The minimum absolute atomic E-state index is 0. The van der Waals surface area contributed by atoms with Gasteiger partial charge in [-0.1, -0.05) is 6.07 Å². The van der Waals surface area contributed by atoms with Crippen molar-refractivity contribution in [2.24, 2.45) is 0 Å². The lowest BCUT2D eigenvalue weighted by molar-refractivity contribution is 0.405. The zero-order valence-corrected chi connectivity index (χ0v) is 8.68. The molecule has 2 N–H and O–H groups in total. The van der Waals surface area contributed by atoms with Crippen LogP contribution >= 0.6 is 24.8 Å². The highest BCUT2D eigenvalue weighted by Gasteiger charge is 2.00. The third-order valence-corrected chi connectivity index (χ3v) is 1.70. The molecule has 14 heavy (non-hydrogen) atoms. The molecule has 0 saturated heterocycles. The Balaban J connectivity index is 0.000000845. The lowest BCUT2D eigenvalue weighted by Crippen LogP contribution is -1.77. The molecule has 2 aromatic rings. The van der Waals surface area contributed by atoms with Gasteiger partial charge in [-0.3, -0.25) is 4.98 Å². The van der Waals surface area contributed by atoms with E-state index in [1.165, 1.54) is 12.1 Å². The zero-order valence-electron chi connectivity index (χ0n) is 7.04. The Hall–Kier alpha value is -1.19. The van der Waals surface area contributed by atoms with E-state index in [0.717, 1.165) is 5.39 Å². The van der Waals surface area contributed by atoms with Crippen LogP contribution < -0.4 is 0 Å². The molecule has 0 bridgehead atoms. The van der Waals surface area contributed by atoms with E-state index in [2.05, 4.69) is 4.98 Å². The Bertz CT molecular complexity index is 394. The molecule has 5 heteroatoms. The number of rotatable bonds is 0. The van der Waals surface area contributed by atoms with Crippen molar-refractivity contribution in [1.82, 2.24) is 4.98 Å². The molecule has 0 fully saturated rings. The molecule has 0 amide bonds. The third-order valence-electron chi connectivity index (χ3n) is 1.70. The van der Waals surface area contributed by atoms with Gasteiger partial charge in [-0.05, 0) is 12.1 Å². The number of hydrogen-bond acceptors (Lipinski definition) is 3. The summed E-state index contributed by atoms with van der Waals surface area (Å²) >= 11 is 0. The van der Waals surface area contributed by atoms with Gasteiger partial charge in [-0.25, -0.2) is 0 Å². The van der Waals surface area contributed by atoms with Gasteiger partial charge in [0, 0.05) is 17.6 Å². The molecule has 0 aliphatic carbocycles. The minimum Gasteiger partial charge on any atom is -0.504 e. The molecule has 0 aliphatic rings. The van der Waals surface area contributed by atoms with Crippen molar-refractivity contribution in [3.8, 4) is 11.5 Å². The van der Waals surface area contributed by atoms with Crippen LogP contribution in [0.4, 0.5) is 0 Å². The van der Waals surface area contributed by atoms with E-state index in [9.17, 15) is 0 Å². The number of hydrogen-bond donors (Lipinski definition) is 2. The largest absolute Gasteiger partial charge is 0.504 e. The summed E-state index contributed by atoms with van der Waals surface area (Å²) in [5.74, 6) is -0.253. The lowest BCUT2D eigenvalue weighted by Gasteiger charge is -1.99. The number of phenolic OH excluding ortho intramolecular Hbond substituents is 2. The molecule has 0 atom stereocenters. The molecule has 0 saturated carbocycles. The normalized spacial score (nSPS) is 8.86. The summed E-state index contributed by atoms with van der Waals surface area (Å²) in [6.45, 7) is 0. The molecule has 2 rings (SSSR count). The minimum atomic E-state index is -0.138. The van der Waals surface area contributed by atoms with E-state index in [-0.39, 0.29) is 36.3 Å². The van der Waals surface area contributed by atoms with Crippen LogP contribution in [0.3, 0.4) is 0 Å². The van der Waals surface area contributed by atoms with E-state index >= 15 is 0 Å². The Morgan fingerprint density at radius 3 is 2.36 bits per heavy atom. The van der Waals surface area contributed by atoms with E-state index in [4.69, 9.17) is 10.2 Å². The molecule has 76 valence electrons. The van der Waals surface area contributed by atoms with Crippen LogP contribution in [-0.4, -0.2) is 15.2 Å². The zero-order chi connectivity index (χ0) is 8.55. The van der Waals surface area contributed by atoms with E-state index in [1.54, 1.807) is 12.3 Å². The van der Waals surface area contributed by atoms with Crippen LogP contribution in [-0.2, 0) is 0 Å². The Morgan fingerprint density at radius 1 is 1.00 bits per heavy atom. The van der Waals surface area contributed by atoms with Gasteiger partial charge in [0.15, 0.2) is 11.5 Å². The molecule has 1 aromatic heterocycles. The van der Waals surface area contributed by atoms with Crippen molar-refractivity contribution < 1.29 is 10.2 Å². The Kier molecular flexibility index (Phi) is 4.47. The van der Waals surface area contributed by atoms with Gasteiger partial charge in [-0.2, -0.15) is 0 Å². The maximum absolute atomic E-state index is 9.14. The second-order valence-electron chi connectivity index (χ2n) is 2.54. The fraction of sp³-hybridized carbons (Fsp3) is 0. The number of aromatic nitrogens is 1. The fourth-order valence-electron chi connectivity index (χ4n) is 1.10. The van der Waals surface area contributed by atoms with Gasteiger partial charge in [-0.15, -0.1) is 24.8 Å². The monoisotopic (exact) mass is 233 g/mol. The summed E-state index contributed by atoms with van der Waals surface area (Å²) in [5.41, 5.74) is 0.674. The summed E-state index contributed by atoms with van der Waals surface area (Å²) in [4.78, 5) is 4.01. The van der Waals surface area contributed by atoms with Crippen LogP contribution in [0.2, 0.25) is 0 Å². The molecule has 1 aromatic carbocycles. The number of fused-ring (bicyclic) bond motifs is 1. The summed E-state index contributed by atoms with van der Waals surface area (Å²) in [5, 5.41) is 19.1. The molecule has 3 nitrogen and oxygen atoms in total. The van der Waals surface area contributed by atoms with E-state index in [1.807, 2.05) is 6.07 Å². The molecular weight excluding hydrogens is 225 g/mol. The summed E-state index contributed by atoms with van der Waals surface area (Å²) in [7, 11) is 0. The van der Waals surface area contributed by atoms with E-state index < -0.39 is 0 Å². The van der Waals surface area contributed by atoms with Crippen LogP contribution in [0.1, 0.15) is 0 Å². The van der Waals surface area contributed by atoms with Crippen molar-refractivity contribution in [3.63, 3.8) is 0 Å². The van der Waals surface area contributed by atoms with Crippen molar-refractivity contribution in [1.29, 1.82) is 0 Å². The molecule has 0 unspecified atom stereocenters. The highest BCUT2D eigenvalue weighted by molar-refractivity contribution is 5.85. The predicted octanol–water partition coefficient (Wildman–Crippen LogP) is 2.49. The smallest absolute Gasteiger partial charge is 0.159 e. The standard InChI is InChI=1S/C9H7NO2.2ClH/c11-8-4-6-2-1-3-10-7(6)5-9(8)12;;/h1-5,11-12H;2*1H. The number of benzene rings is 1. The summed E-state index contributed by atoms with van der Waals surface area (Å²) < 4.78 is 0. The second-order valence-corrected chi connectivity index (χ2v) is 2.54. The molecule has 0 aliphatic heterocycles. The SMILES string of the molecule is Cl.Cl.Oc1cc2cccnc2cc1O. The highest BCUT2D eigenvalue weighted by atomic mass is 35.5.